The molecule has 1 fully saturated rings. The average Bonchev–Trinajstić information content (AvgIpc) is 2.64. The number of rotatable bonds is 2. The van der Waals surface area contributed by atoms with Crippen molar-refractivity contribution >= 4 is 17.6 Å². The predicted octanol–water partition coefficient (Wildman–Crippen LogP) is 1.05. The molecule has 0 spiro atoms. The van der Waals surface area contributed by atoms with Gasteiger partial charge in [-0.1, -0.05) is 12.1 Å². The minimum absolute atomic E-state index is 0.0627. The summed E-state index contributed by atoms with van der Waals surface area (Å²) in [5, 5.41) is 9.96. The first-order valence-corrected chi connectivity index (χ1v) is 4.48. The largest absolute Gasteiger partial charge is 0.478 e. The summed E-state index contributed by atoms with van der Waals surface area (Å²) in [5.74, 6) is -1.29. The topological polar surface area (TPSA) is 66.8 Å². The summed E-state index contributed by atoms with van der Waals surface area (Å²) in [5.41, 5.74) is 0.347. The van der Waals surface area contributed by atoms with Crippen molar-refractivity contribution in [3.05, 3.63) is 29.8 Å². The van der Waals surface area contributed by atoms with Crippen LogP contribution in [0.5, 0.6) is 0 Å². The van der Waals surface area contributed by atoms with Crippen LogP contribution >= 0.6 is 0 Å². The molecule has 78 valence electrons. The van der Waals surface area contributed by atoms with Crippen LogP contribution in [0.3, 0.4) is 0 Å². The quantitative estimate of drug-likeness (QED) is 0.787. The number of amides is 1. The molecule has 5 heteroatoms. The second-order valence-corrected chi connectivity index (χ2v) is 3.09. The van der Waals surface area contributed by atoms with Crippen LogP contribution in [0.2, 0.25) is 0 Å². The maximum Gasteiger partial charge on any atom is 0.337 e. The third-order valence-corrected chi connectivity index (χ3v) is 2.12. The van der Waals surface area contributed by atoms with Gasteiger partial charge in [0.15, 0.2) is 0 Å². The number of nitrogens with zero attached hydrogens (tertiary/aromatic N) is 1. The summed E-state index contributed by atoms with van der Waals surface area (Å²) < 4.78 is 0. The lowest BCUT2D eigenvalue weighted by Crippen LogP contribution is -2.24. The van der Waals surface area contributed by atoms with Gasteiger partial charge in [0.05, 0.1) is 24.3 Å². The number of aromatic carboxylic acids is 1. The van der Waals surface area contributed by atoms with E-state index in [2.05, 4.69) is 0 Å². The molecule has 1 amide bonds. The number of hydrogen-bond acceptors (Lipinski definition) is 3. The Morgan fingerprint density at radius 2 is 2.13 bits per heavy atom. The molecule has 0 radical (unpaired) electrons. The standard InChI is InChI=1S/C10H9NO4/c12-9-5-6-15-11(9)8-4-2-1-3-7(8)10(13)14/h1-4H,5-6H2,(H,13,14). The van der Waals surface area contributed by atoms with Gasteiger partial charge in [0.2, 0.25) is 0 Å². The smallest absolute Gasteiger partial charge is 0.337 e. The number of benzene rings is 1. The van der Waals surface area contributed by atoms with Crippen LogP contribution in [0.4, 0.5) is 5.69 Å². The highest BCUT2D eigenvalue weighted by Gasteiger charge is 2.26. The SMILES string of the molecule is O=C(O)c1ccccc1N1OCCC1=O. The highest BCUT2D eigenvalue weighted by atomic mass is 16.7. The molecule has 1 aromatic carbocycles. The number of para-hydroxylation sites is 1. The number of anilines is 1. The van der Waals surface area contributed by atoms with Gasteiger partial charge in [0, 0.05) is 0 Å². The summed E-state index contributed by atoms with van der Waals surface area (Å²) in [6.45, 7) is 0.298. The molecule has 0 saturated carbocycles. The molecular formula is C10H9NO4. The van der Waals surface area contributed by atoms with Crippen molar-refractivity contribution in [1.29, 1.82) is 0 Å². The molecule has 1 heterocycles. The van der Waals surface area contributed by atoms with Gasteiger partial charge in [0.1, 0.15) is 0 Å². The first-order chi connectivity index (χ1) is 7.20. The van der Waals surface area contributed by atoms with Gasteiger partial charge in [-0.05, 0) is 12.1 Å². The molecule has 0 unspecified atom stereocenters. The fourth-order valence-corrected chi connectivity index (χ4v) is 1.43. The first-order valence-electron chi connectivity index (χ1n) is 4.48. The van der Waals surface area contributed by atoms with E-state index >= 15 is 0 Å². The van der Waals surface area contributed by atoms with Crippen LogP contribution in [-0.2, 0) is 9.63 Å². The van der Waals surface area contributed by atoms with Crippen LogP contribution < -0.4 is 5.06 Å². The minimum atomic E-state index is -1.08. The number of hydrogen-bond donors (Lipinski definition) is 1. The Morgan fingerprint density at radius 1 is 1.40 bits per heavy atom. The third kappa shape index (κ3) is 1.69. The van der Waals surface area contributed by atoms with E-state index in [1.165, 1.54) is 6.07 Å². The normalized spacial score (nSPS) is 15.7. The Morgan fingerprint density at radius 3 is 2.73 bits per heavy atom. The minimum Gasteiger partial charge on any atom is -0.478 e. The Kier molecular flexibility index (Phi) is 2.39. The maximum absolute atomic E-state index is 11.4. The molecule has 1 aliphatic heterocycles. The second-order valence-electron chi connectivity index (χ2n) is 3.09. The summed E-state index contributed by atoms with van der Waals surface area (Å²) in [6, 6.07) is 6.25. The lowest BCUT2D eigenvalue weighted by molar-refractivity contribution is -0.119. The van der Waals surface area contributed by atoms with Crippen molar-refractivity contribution in [1.82, 2.24) is 0 Å². The molecule has 1 N–H and O–H groups in total. The highest BCUT2D eigenvalue weighted by molar-refractivity contribution is 6.01. The van der Waals surface area contributed by atoms with Gasteiger partial charge in [0.25, 0.3) is 5.91 Å². The van der Waals surface area contributed by atoms with E-state index in [4.69, 9.17) is 9.94 Å². The Labute approximate surface area is 85.8 Å². The van der Waals surface area contributed by atoms with Gasteiger partial charge in [-0.3, -0.25) is 9.63 Å². The molecular weight excluding hydrogens is 198 g/mol. The van der Waals surface area contributed by atoms with E-state index in [9.17, 15) is 9.59 Å². The molecule has 15 heavy (non-hydrogen) atoms. The molecule has 1 saturated heterocycles. The van der Waals surface area contributed by atoms with Crippen molar-refractivity contribution in [2.45, 2.75) is 6.42 Å². The average molecular weight is 207 g/mol. The van der Waals surface area contributed by atoms with Gasteiger partial charge < -0.3 is 5.11 Å². The number of carbonyl (C=O) groups is 2. The molecule has 0 aliphatic carbocycles. The summed E-state index contributed by atoms with van der Waals surface area (Å²) in [4.78, 5) is 27.3. The second kappa shape index (κ2) is 3.70. The van der Waals surface area contributed by atoms with Crippen molar-refractivity contribution in [2.75, 3.05) is 11.7 Å². The Hall–Kier alpha value is -1.88. The highest BCUT2D eigenvalue weighted by Crippen LogP contribution is 2.24. The maximum atomic E-state index is 11.4. The molecule has 5 nitrogen and oxygen atoms in total. The Balaban J connectivity index is 2.42. The van der Waals surface area contributed by atoms with E-state index in [-0.39, 0.29) is 23.6 Å². The van der Waals surface area contributed by atoms with Crippen molar-refractivity contribution in [3.63, 3.8) is 0 Å². The fraction of sp³-hybridized carbons (Fsp3) is 0.200. The number of carbonyl (C=O) groups excluding carboxylic acids is 1. The lowest BCUT2D eigenvalue weighted by Gasteiger charge is -2.15. The van der Waals surface area contributed by atoms with E-state index in [1.54, 1.807) is 18.2 Å². The number of carboxylic acids is 1. The lowest BCUT2D eigenvalue weighted by atomic mass is 10.2. The zero-order chi connectivity index (χ0) is 10.8. The first kappa shape index (κ1) is 9.67. The number of carboxylic acid groups (broad SMARTS) is 1. The van der Waals surface area contributed by atoms with Crippen LogP contribution in [-0.4, -0.2) is 23.6 Å². The third-order valence-electron chi connectivity index (χ3n) is 2.12. The van der Waals surface area contributed by atoms with Crippen molar-refractivity contribution in [3.8, 4) is 0 Å². The molecule has 0 atom stereocenters. The zero-order valence-corrected chi connectivity index (χ0v) is 7.84. The van der Waals surface area contributed by atoms with Crippen LogP contribution in [0, 0.1) is 0 Å². The van der Waals surface area contributed by atoms with Crippen molar-refractivity contribution < 1.29 is 19.5 Å². The van der Waals surface area contributed by atoms with E-state index in [1.807, 2.05) is 0 Å². The summed E-state index contributed by atoms with van der Waals surface area (Å²) >= 11 is 0. The van der Waals surface area contributed by atoms with Gasteiger partial charge in [-0.2, -0.15) is 5.06 Å². The monoisotopic (exact) mass is 207 g/mol. The van der Waals surface area contributed by atoms with Crippen LogP contribution in [0.1, 0.15) is 16.8 Å². The van der Waals surface area contributed by atoms with Crippen LogP contribution in [0.25, 0.3) is 0 Å². The fourth-order valence-electron chi connectivity index (χ4n) is 1.43. The van der Waals surface area contributed by atoms with Gasteiger partial charge >= 0.3 is 5.97 Å². The van der Waals surface area contributed by atoms with Gasteiger partial charge in [-0.25, -0.2) is 4.79 Å². The van der Waals surface area contributed by atoms with E-state index in [0.29, 0.717) is 6.61 Å². The molecule has 2 rings (SSSR count). The predicted molar refractivity (Wildman–Crippen MR) is 51.5 cm³/mol. The van der Waals surface area contributed by atoms with E-state index < -0.39 is 5.97 Å². The number of hydroxylamine groups is 1. The zero-order valence-electron chi connectivity index (χ0n) is 7.84. The summed E-state index contributed by atoms with van der Waals surface area (Å²) in [6.07, 6.45) is 0.286. The molecule has 0 bridgehead atoms. The molecule has 1 aliphatic rings. The molecule has 1 aromatic rings. The van der Waals surface area contributed by atoms with E-state index in [0.717, 1.165) is 5.06 Å². The van der Waals surface area contributed by atoms with Gasteiger partial charge in [-0.15, -0.1) is 0 Å². The summed E-state index contributed by atoms with van der Waals surface area (Å²) in [7, 11) is 0. The van der Waals surface area contributed by atoms with Crippen LogP contribution in [0.15, 0.2) is 24.3 Å². The Bertz CT molecular complexity index is 416. The molecule has 0 aromatic heterocycles. The van der Waals surface area contributed by atoms with Crippen molar-refractivity contribution in [2.24, 2.45) is 0 Å².